The van der Waals surface area contributed by atoms with Gasteiger partial charge in [0, 0.05) is 54.0 Å². The monoisotopic (exact) mass is 794 g/mol. The van der Waals surface area contributed by atoms with E-state index in [1.54, 1.807) is 12.1 Å². The first kappa shape index (κ1) is 41.8. The van der Waals surface area contributed by atoms with Crippen LogP contribution in [-0.4, -0.2) is 78.6 Å². The fraction of sp³-hybridized carbons (Fsp3) is 0.439. The maximum absolute atomic E-state index is 13.8. The number of unbranched alkanes of at least 4 members (excludes halogenated alkanes) is 1. The first-order valence-corrected chi connectivity index (χ1v) is 21.6. The largest absolute Gasteiger partial charge is 0.480 e. The molecule has 1 unspecified atom stereocenters. The zero-order valence-corrected chi connectivity index (χ0v) is 33.9. The fourth-order valence-corrected chi connectivity index (χ4v) is 8.90. The Morgan fingerprint density at radius 2 is 1.62 bits per heavy atom. The highest BCUT2D eigenvalue weighted by Crippen LogP contribution is 2.49. The molecule has 12 nitrogen and oxygen atoms in total. The summed E-state index contributed by atoms with van der Waals surface area (Å²) in [6, 6.07) is 12.8. The van der Waals surface area contributed by atoms with Crippen molar-refractivity contribution in [2.45, 2.75) is 89.4 Å². The van der Waals surface area contributed by atoms with E-state index < -0.39 is 55.2 Å². The molecule has 2 aliphatic heterocycles. The molecular weight excluding hydrogens is 743 g/mol. The summed E-state index contributed by atoms with van der Waals surface area (Å²) >= 11 is 0. The van der Waals surface area contributed by atoms with Gasteiger partial charge in [0.05, 0.1) is 16.1 Å². The number of amides is 1. The molecule has 2 aromatic carbocycles. The van der Waals surface area contributed by atoms with E-state index in [4.69, 9.17) is 0 Å². The second-order valence-corrected chi connectivity index (χ2v) is 18.6. The summed E-state index contributed by atoms with van der Waals surface area (Å²) in [5.74, 6) is -3.01. The summed E-state index contributed by atoms with van der Waals surface area (Å²) in [4.78, 5) is 28.9. The van der Waals surface area contributed by atoms with Crippen LogP contribution in [-0.2, 0) is 40.7 Å². The van der Waals surface area contributed by atoms with E-state index in [0.29, 0.717) is 23.3 Å². The Kier molecular flexibility index (Phi) is 11.9. The third-order valence-electron chi connectivity index (χ3n) is 10.9. The highest BCUT2D eigenvalue weighted by atomic mass is 32.2. The average Bonchev–Trinajstić information content (AvgIpc) is 3.45. The van der Waals surface area contributed by atoms with Crippen LogP contribution in [0.1, 0.15) is 84.8 Å². The lowest BCUT2D eigenvalue weighted by Crippen LogP contribution is -2.49. The smallest absolute Gasteiger partial charge is 0.319 e. The molecule has 0 aromatic heterocycles. The predicted octanol–water partition coefficient (Wildman–Crippen LogP) is 6.48. The highest BCUT2D eigenvalue weighted by molar-refractivity contribution is 7.86. The van der Waals surface area contributed by atoms with Gasteiger partial charge in [0.2, 0.25) is 11.6 Å². The molecule has 2 heterocycles. The third kappa shape index (κ3) is 8.42. The molecule has 5 rings (SSSR count). The van der Waals surface area contributed by atoms with Gasteiger partial charge in [0.1, 0.15) is 6.54 Å². The van der Waals surface area contributed by atoms with Crippen molar-refractivity contribution in [2.75, 3.05) is 30.3 Å². The Hall–Kier alpha value is -4.37. The summed E-state index contributed by atoms with van der Waals surface area (Å²) in [7, 11) is -8.87. The van der Waals surface area contributed by atoms with Gasteiger partial charge in [-0.3, -0.25) is 18.7 Å². The van der Waals surface area contributed by atoms with Gasteiger partial charge in [-0.2, -0.15) is 21.4 Å². The highest BCUT2D eigenvalue weighted by Gasteiger charge is 2.49. The zero-order valence-electron chi connectivity index (χ0n) is 32.3. The van der Waals surface area contributed by atoms with Crippen molar-refractivity contribution >= 4 is 49.2 Å². The first-order valence-electron chi connectivity index (χ1n) is 18.6. The van der Waals surface area contributed by atoms with Gasteiger partial charge in [0.25, 0.3) is 20.2 Å². The number of carboxylic acid groups (broad SMARTS) is 1. The molecule has 14 heteroatoms. The normalized spacial score (nSPS) is 22.0. The molecule has 2 aromatic rings. The number of carboxylic acids is 1. The van der Waals surface area contributed by atoms with Gasteiger partial charge in [-0.15, -0.1) is 0 Å². The van der Waals surface area contributed by atoms with Crippen molar-refractivity contribution in [2.24, 2.45) is 5.41 Å². The maximum Gasteiger partial charge on any atom is 0.319 e. The molecule has 4 N–H and O–H groups in total. The van der Waals surface area contributed by atoms with E-state index in [2.05, 4.69) is 47.7 Å². The van der Waals surface area contributed by atoms with Gasteiger partial charge in [-0.1, -0.05) is 70.5 Å². The number of rotatable bonds is 14. The Balaban J connectivity index is 1.63. The van der Waals surface area contributed by atoms with Crippen LogP contribution in [0.5, 0.6) is 0 Å². The number of allylic oxidation sites excluding steroid dienone is 8. The quantitative estimate of drug-likeness (QED) is 0.0939. The van der Waals surface area contributed by atoms with Crippen LogP contribution in [0.4, 0.5) is 11.4 Å². The molecule has 0 saturated heterocycles. The topological polar surface area (TPSA) is 181 Å². The van der Waals surface area contributed by atoms with E-state index in [1.165, 1.54) is 17.7 Å². The molecule has 0 saturated carbocycles. The number of hydrogen-bond acceptors (Lipinski definition) is 7. The van der Waals surface area contributed by atoms with Gasteiger partial charge in [-0.05, 0) is 74.1 Å². The molecule has 0 fully saturated rings. The number of anilines is 1. The van der Waals surface area contributed by atoms with Crippen LogP contribution in [0.25, 0.3) is 0 Å². The number of nitrogens with zero attached hydrogens (tertiary/aromatic N) is 2. The molecule has 1 aliphatic carbocycles. The van der Waals surface area contributed by atoms with Gasteiger partial charge < -0.3 is 15.3 Å². The molecule has 3 aliphatic rings. The molecule has 0 radical (unpaired) electrons. The lowest BCUT2D eigenvalue weighted by molar-refractivity contribution is -0.438. The van der Waals surface area contributed by atoms with E-state index in [0.717, 1.165) is 48.6 Å². The summed E-state index contributed by atoms with van der Waals surface area (Å²) < 4.78 is 68.3. The van der Waals surface area contributed by atoms with Crippen LogP contribution >= 0.6 is 0 Å². The summed E-state index contributed by atoms with van der Waals surface area (Å²) in [6.07, 6.45) is 11.7. The molecule has 0 spiro atoms. The Labute approximate surface area is 324 Å². The summed E-state index contributed by atoms with van der Waals surface area (Å²) in [6.45, 7) is 13.3. The van der Waals surface area contributed by atoms with Crippen LogP contribution < -0.4 is 10.2 Å². The fourth-order valence-electron chi connectivity index (χ4n) is 8.03. The number of hydrogen-bond donors (Lipinski definition) is 4. The SMILES string of the molecule is CCCC[N+]1=C(/C=C/C2=CC(=C/C=C3/N(CCC)c4ccc(S(=O)(=O)O)cc4C3(C)C)/CC(C(=O)O)(C(=O)NCCS(=O)(=O)O)C2)C(C)(C)c2ccccc21. The zero-order chi connectivity index (χ0) is 40.6. The Morgan fingerprint density at radius 1 is 0.909 bits per heavy atom. The van der Waals surface area contributed by atoms with E-state index in [-0.39, 0.29) is 23.2 Å². The van der Waals surface area contributed by atoms with E-state index in [9.17, 15) is 40.6 Å². The summed E-state index contributed by atoms with van der Waals surface area (Å²) in [5, 5.41) is 13.2. The van der Waals surface area contributed by atoms with E-state index >= 15 is 0 Å². The van der Waals surface area contributed by atoms with Crippen molar-refractivity contribution < 1.29 is 45.2 Å². The van der Waals surface area contributed by atoms with Crippen molar-refractivity contribution in [3.63, 3.8) is 0 Å². The number of benzene rings is 2. The summed E-state index contributed by atoms with van der Waals surface area (Å²) in [5.41, 5.74) is 3.65. The van der Waals surface area contributed by atoms with Crippen molar-refractivity contribution in [3.8, 4) is 0 Å². The second kappa shape index (κ2) is 15.6. The molecule has 1 amide bonds. The van der Waals surface area contributed by atoms with Crippen LogP contribution in [0.2, 0.25) is 0 Å². The van der Waals surface area contributed by atoms with Crippen molar-refractivity contribution in [3.05, 3.63) is 101 Å². The van der Waals surface area contributed by atoms with Gasteiger partial charge in [-0.25, -0.2) is 0 Å². The molecule has 296 valence electrons. The van der Waals surface area contributed by atoms with Crippen LogP contribution in [0, 0.1) is 5.41 Å². The minimum Gasteiger partial charge on any atom is -0.480 e. The number of carbonyl (C=O) groups is 2. The minimum atomic E-state index is -4.45. The van der Waals surface area contributed by atoms with Gasteiger partial charge >= 0.3 is 5.97 Å². The molecule has 1 atom stereocenters. The minimum absolute atomic E-state index is 0.169. The maximum atomic E-state index is 13.8. The number of carbonyl (C=O) groups excluding carboxylic acids is 1. The Bertz CT molecular complexity index is 2270. The molecule has 0 bridgehead atoms. The second-order valence-electron chi connectivity index (χ2n) is 15.6. The van der Waals surface area contributed by atoms with Crippen molar-refractivity contribution in [1.29, 1.82) is 0 Å². The van der Waals surface area contributed by atoms with E-state index in [1.807, 2.05) is 57.2 Å². The van der Waals surface area contributed by atoms with Gasteiger partial charge in [0.15, 0.2) is 11.1 Å². The number of nitrogens with one attached hydrogen (secondary N) is 1. The lowest BCUT2D eigenvalue weighted by Gasteiger charge is -2.33. The number of para-hydroxylation sites is 1. The van der Waals surface area contributed by atoms with Crippen LogP contribution in [0.15, 0.2) is 94.6 Å². The standard InChI is InChI=1S/C41H51N3O9S2/c1-7-9-22-44-33-13-11-10-12-31(33)39(3,4)35(44)18-14-28-24-29(27-41(26-28,38(46)47)37(45)42-20-23-54(48,49)50)15-19-36-40(5,6)32-25-30(55(51,52)53)16-17-34(32)43(36)21-8-2/h10-19,24-25H,7-9,20-23,26-27H2,1-6H3,(H3-,42,45,46,47,48,49,50,51,52,53)/p+1. The molecular formula is C41H52N3O9S2+. The lowest BCUT2D eigenvalue weighted by atomic mass is 9.71. The molecule has 55 heavy (non-hydrogen) atoms. The number of fused-ring (bicyclic) bond motifs is 2. The average molecular weight is 795 g/mol. The van der Waals surface area contributed by atoms with Crippen molar-refractivity contribution in [1.82, 2.24) is 5.32 Å². The van der Waals surface area contributed by atoms with Crippen LogP contribution in [0.3, 0.4) is 0 Å². The predicted molar refractivity (Wildman–Crippen MR) is 213 cm³/mol. The third-order valence-corrected chi connectivity index (χ3v) is 12.5. The Morgan fingerprint density at radius 3 is 2.25 bits per heavy atom. The number of aliphatic carboxylic acids is 1. The first-order chi connectivity index (χ1) is 25.7.